The maximum Gasteiger partial charge on any atom is 0.161 e. The van der Waals surface area contributed by atoms with Crippen LogP contribution in [0, 0.1) is 12.3 Å². The van der Waals surface area contributed by atoms with Crippen LogP contribution >= 0.6 is 0 Å². The van der Waals surface area contributed by atoms with Crippen molar-refractivity contribution in [1.29, 1.82) is 0 Å². The maximum atomic E-state index is 5.63. The maximum absolute atomic E-state index is 5.63. The minimum absolute atomic E-state index is 0.0825. The molecular formula is C14H18O3. The number of terminal acetylenes is 1. The van der Waals surface area contributed by atoms with E-state index in [0.29, 0.717) is 11.5 Å². The Morgan fingerprint density at radius 1 is 1.12 bits per heavy atom. The van der Waals surface area contributed by atoms with Crippen LogP contribution in [0.1, 0.15) is 25.5 Å². The van der Waals surface area contributed by atoms with Crippen molar-refractivity contribution in [2.24, 2.45) is 0 Å². The van der Waals surface area contributed by atoms with E-state index in [0.717, 1.165) is 5.56 Å². The summed E-state index contributed by atoms with van der Waals surface area (Å²) in [7, 11) is 3.22. The van der Waals surface area contributed by atoms with Gasteiger partial charge in [-0.05, 0) is 31.5 Å². The highest BCUT2D eigenvalue weighted by Gasteiger charge is 2.12. The predicted molar refractivity (Wildman–Crippen MR) is 67.3 cm³/mol. The number of methoxy groups -OCH3 is 2. The lowest BCUT2D eigenvalue weighted by atomic mass is 10.1. The topological polar surface area (TPSA) is 27.7 Å². The first-order chi connectivity index (χ1) is 8.12. The molecule has 3 heteroatoms. The summed E-state index contributed by atoms with van der Waals surface area (Å²) in [5.74, 6) is 3.93. The third-order valence-electron chi connectivity index (χ3n) is 2.52. The second-order valence-electron chi connectivity index (χ2n) is 3.70. The SMILES string of the molecule is C#CC(C)OC(C)c1ccc(OC)c(OC)c1. The lowest BCUT2D eigenvalue weighted by Crippen LogP contribution is -2.09. The molecule has 2 unspecified atom stereocenters. The molecule has 0 saturated heterocycles. The minimum Gasteiger partial charge on any atom is -0.493 e. The molecule has 0 saturated carbocycles. The summed E-state index contributed by atoms with van der Waals surface area (Å²) in [6.45, 7) is 3.80. The second-order valence-corrected chi connectivity index (χ2v) is 3.70. The van der Waals surface area contributed by atoms with Gasteiger partial charge >= 0.3 is 0 Å². The first-order valence-corrected chi connectivity index (χ1v) is 5.45. The molecule has 0 N–H and O–H groups in total. The summed E-state index contributed by atoms with van der Waals surface area (Å²) in [6, 6.07) is 5.69. The molecular weight excluding hydrogens is 216 g/mol. The Hall–Kier alpha value is -1.66. The van der Waals surface area contributed by atoms with Crippen LogP contribution in [-0.4, -0.2) is 20.3 Å². The van der Waals surface area contributed by atoms with Crippen molar-refractivity contribution < 1.29 is 14.2 Å². The largest absolute Gasteiger partial charge is 0.493 e. The van der Waals surface area contributed by atoms with Crippen LogP contribution < -0.4 is 9.47 Å². The average Bonchev–Trinajstić information content (AvgIpc) is 2.37. The summed E-state index contributed by atoms with van der Waals surface area (Å²) >= 11 is 0. The zero-order chi connectivity index (χ0) is 12.8. The molecule has 0 heterocycles. The van der Waals surface area contributed by atoms with E-state index < -0.39 is 0 Å². The zero-order valence-corrected chi connectivity index (χ0v) is 10.7. The van der Waals surface area contributed by atoms with Crippen LogP contribution in [0.25, 0.3) is 0 Å². The van der Waals surface area contributed by atoms with Crippen molar-refractivity contribution >= 4 is 0 Å². The number of benzene rings is 1. The smallest absolute Gasteiger partial charge is 0.161 e. The Balaban J connectivity index is 2.88. The molecule has 2 atom stereocenters. The van der Waals surface area contributed by atoms with Gasteiger partial charge in [0, 0.05) is 0 Å². The number of hydrogen-bond donors (Lipinski definition) is 0. The molecule has 0 fully saturated rings. The highest BCUT2D eigenvalue weighted by Crippen LogP contribution is 2.31. The molecule has 0 amide bonds. The lowest BCUT2D eigenvalue weighted by Gasteiger charge is -2.17. The summed E-state index contributed by atoms with van der Waals surface area (Å²) in [5.41, 5.74) is 1.00. The number of ether oxygens (including phenoxy) is 3. The highest BCUT2D eigenvalue weighted by molar-refractivity contribution is 5.43. The Morgan fingerprint density at radius 3 is 2.29 bits per heavy atom. The first kappa shape index (κ1) is 13.4. The van der Waals surface area contributed by atoms with Crippen LogP contribution in [0.3, 0.4) is 0 Å². The molecule has 1 aromatic rings. The van der Waals surface area contributed by atoms with Crippen molar-refractivity contribution in [2.45, 2.75) is 26.1 Å². The van der Waals surface area contributed by atoms with Crippen molar-refractivity contribution in [3.63, 3.8) is 0 Å². The molecule has 0 aliphatic carbocycles. The molecule has 0 spiro atoms. The van der Waals surface area contributed by atoms with Crippen LogP contribution in [0.15, 0.2) is 18.2 Å². The second kappa shape index (κ2) is 6.17. The van der Waals surface area contributed by atoms with Crippen LogP contribution in [-0.2, 0) is 4.74 Å². The quantitative estimate of drug-likeness (QED) is 0.733. The Kier molecular flexibility index (Phi) is 4.86. The molecule has 1 aromatic carbocycles. The van der Waals surface area contributed by atoms with Gasteiger partial charge in [0.15, 0.2) is 11.5 Å². The van der Waals surface area contributed by atoms with Gasteiger partial charge in [-0.25, -0.2) is 0 Å². The van der Waals surface area contributed by atoms with E-state index in [9.17, 15) is 0 Å². The van der Waals surface area contributed by atoms with Gasteiger partial charge in [-0.15, -0.1) is 6.42 Å². The van der Waals surface area contributed by atoms with Crippen LogP contribution in [0.4, 0.5) is 0 Å². The van der Waals surface area contributed by atoms with E-state index in [-0.39, 0.29) is 12.2 Å². The molecule has 0 radical (unpaired) electrons. The van der Waals surface area contributed by atoms with Crippen molar-refractivity contribution in [2.75, 3.05) is 14.2 Å². The molecule has 92 valence electrons. The molecule has 1 rings (SSSR count). The Morgan fingerprint density at radius 2 is 1.76 bits per heavy atom. The fraction of sp³-hybridized carbons (Fsp3) is 0.429. The Labute approximate surface area is 103 Å². The van der Waals surface area contributed by atoms with Gasteiger partial charge in [0.2, 0.25) is 0 Å². The fourth-order valence-electron chi connectivity index (χ4n) is 1.53. The van der Waals surface area contributed by atoms with E-state index in [2.05, 4.69) is 5.92 Å². The minimum atomic E-state index is -0.210. The zero-order valence-electron chi connectivity index (χ0n) is 10.7. The van der Waals surface area contributed by atoms with Crippen LogP contribution in [0.2, 0.25) is 0 Å². The van der Waals surface area contributed by atoms with Gasteiger partial charge in [-0.3, -0.25) is 0 Å². The highest BCUT2D eigenvalue weighted by atomic mass is 16.5. The average molecular weight is 234 g/mol. The van der Waals surface area contributed by atoms with E-state index in [4.69, 9.17) is 20.6 Å². The van der Waals surface area contributed by atoms with Gasteiger partial charge in [-0.1, -0.05) is 12.0 Å². The van der Waals surface area contributed by atoms with Gasteiger partial charge < -0.3 is 14.2 Å². The summed E-state index contributed by atoms with van der Waals surface area (Å²) in [5, 5.41) is 0. The monoisotopic (exact) mass is 234 g/mol. The first-order valence-electron chi connectivity index (χ1n) is 5.45. The fourth-order valence-corrected chi connectivity index (χ4v) is 1.53. The lowest BCUT2D eigenvalue weighted by molar-refractivity contribution is 0.0385. The molecule has 0 aliphatic rings. The number of rotatable bonds is 5. The van der Waals surface area contributed by atoms with Gasteiger partial charge in [0.25, 0.3) is 0 Å². The van der Waals surface area contributed by atoms with E-state index >= 15 is 0 Å². The molecule has 0 bridgehead atoms. The Bertz CT molecular complexity index is 406. The van der Waals surface area contributed by atoms with E-state index in [1.54, 1.807) is 14.2 Å². The molecule has 3 nitrogen and oxygen atoms in total. The summed E-state index contributed by atoms with van der Waals surface area (Å²) in [4.78, 5) is 0. The molecule has 0 aliphatic heterocycles. The standard InChI is InChI=1S/C14H18O3/c1-6-10(2)17-11(3)12-7-8-13(15-4)14(9-12)16-5/h1,7-11H,2-5H3. The third kappa shape index (κ3) is 3.40. The predicted octanol–water partition coefficient (Wildman–Crippen LogP) is 2.80. The molecule has 17 heavy (non-hydrogen) atoms. The molecule has 0 aromatic heterocycles. The summed E-state index contributed by atoms with van der Waals surface area (Å²) in [6.07, 6.45) is 4.99. The van der Waals surface area contributed by atoms with Crippen molar-refractivity contribution in [3.05, 3.63) is 23.8 Å². The van der Waals surface area contributed by atoms with Crippen LogP contribution in [0.5, 0.6) is 11.5 Å². The van der Waals surface area contributed by atoms with Gasteiger partial charge in [-0.2, -0.15) is 0 Å². The summed E-state index contributed by atoms with van der Waals surface area (Å²) < 4.78 is 16.0. The van der Waals surface area contributed by atoms with Gasteiger partial charge in [0.05, 0.1) is 20.3 Å². The van der Waals surface area contributed by atoms with Gasteiger partial charge in [0.1, 0.15) is 6.10 Å². The number of hydrogen-bond acceptors (Lipinski definition) is 3. The van der Waals surface area contributed by atoms with Crippen molar-refractivity contribution in [3.8, 4) is 23.8 Å². The normalized spacial score (nSPS) is 13.6. The third-order valence-corrected chi connectivity index (χ3v) is 2.52. The van der Waals surface area contributed by atoms with E-state index in [1.807, 2.05) is 32.0 Å². The van der Waals surface area contributed by atoms with E-state index in [1.165, 1.54) is 0 Å². The van der Waals surface area contributed by atoms with Crippen molar-refractivity contribution in [1.82, 2.24) is 0 Å².